The van der Waals surface area contributed by atoms with Crippen LogP contribution >= 0.6 is 10.2 Å². The summed E-state index contributed by atoms with van der Waals surface area (Å²) in [5.41, 5.74) is 0. The molecule has 0 N–H and O–H groups in total. The summed E-state index contributed by atoms with van der Waals surface area (Å²) in [5, 5.41) is 0. The molecule has 0 atom stereocenters. The summed E-state index contributed by atoms with van der Waals surface area (Å²) in [7, 11) is -9.71. The van der Waals surface area contributed by atoms with Crippen LogP contribution in [-0.2, 0) is 4.79 Å². The number of hydrogen-bond donors (Lipinski definition) is 0. The first kappa shape index (κ1) is 25.3. The van der Waals surface area contributed by atoms with E-state index in [9.17, 15) is 24.2 Å². The van der Waals surface area contributed by atoms with Crippen molar-refractivity contribution < 1.29 is 29.0 Å². The van der Waals surface area contributed by atoms with Gasteiger partial charge in [-0.1, -0.05) is 64.9 Å². The Morgan fingerprint density at radius 2 is 1.38 bits per heavy atom. The Hall–Kier alpha value is -1.31. The van der Waals surface area contributed by atoms with Crippen LogP contribution in [0.1, 0.15) is 84.0 Å². The minimum absolute atomic E-state index is 0.135. The van der Waals surface area contributed by atoms with Crippen molar-refractivity contribution in [3.8, 4) is 5.75 Å². The number of hydrogen-bond acceptors (Lipinski definition) is 2. The third-order valence-corrected chi connectivity index (χ3v) is 8.53. The standard InChI is InChI=1S/C24H35F5O2S/c1-2-3-4-5-18-6-8-19(9-7-18)20-10-12-21(13-11-20)24(30)31-22-14-16-23(17-15-22)32(25,26,27,28)29/h14-21H,2-13H2,1H3. The minimum atomic E-state index is -9.71. The molecule has 8 heteroatoms. The van der Waals surface area contributed by atoms with Crippen molar-refractivity contribution in [3.05, 3.63) is 24.3 Å². The Morgan fingerprint density at radius 1 is 0.844 bits per heavy atom. The van der Waals surface area contributed by atoms with Gasteiger partial charge in [0.15, 0.2) is 0 Å². The zero-order valence-corrected chi connectivity index (χ0v) is 19.5. The predicted molar refractivity (Wildman–Crippen MR) is 119 cm³/mol. The molecule has 0 aliphatic heterocycles. The normalized spacial score (nSPS) is 29.1. The molecule has 0 unspecified atom stereocenters. The van der Waals surface area contributed by atoms with Crippen molar-refractivity contribution in [3.63, 3.8) is 0 Å². The fourth-order valence-corrected chi connectivity index (χ4v) is 6.07. The number of carbonyl (C=O) groups is 1. The fourth-order valence-electron chi connectivity index (χ4n) is 5.42. The molecule has 2 fully saturated rings. The van der Waals surface area contributed by atoms with Crippen LogP contribution in [0.5, 0.6) is 5.75 Å². The number of ether oxygens (including phenoxy) is 1. The van der Waals surface area contributed by atoms with Gasteiger partial charge in [-0.3, -0.25) is 4.79 Å². The summed E-state index contributed by atoms with van der Waals surface area (Å²) in [6.45, 7) is 2.23. The summed E-state index contributed by atoms with van der Waals surface area (Å²) in [6.07, 6.45) is 13.8. The Bertz CT molecular complexity index is 762. The van der Waals surface area contributed by atoms with Crippen LogP contribution in [0.4, 0.5) is 19.4 Å². The van der Waals surface area contributed by atoms with Crippen molar-refractivity contribution in [2.24, 2.45) is 23.7 Å². The van der Waals surface area contributed by atoms with Gasteiger partial charge in [0.25, 0.3) is 0 Å². The second-order valence-electron chi connectivity index (χ2n) is 9.75. The Balaban J connectivity index is 1.43. The second kappa shape index (κ2) is 9.15. The van der Waals surface area contributed by atoms with E-state index in [-0.39, 0.29) is 23.8 Å². The quantitative estimate of drug-likeness (QED) is 0.160. The molecule has 1 aromatic carbocycles. The van der Waals surface area contributed by atoms with Gasteiger partial charge < -0.3 is 4.74 Å². The third-order valence-electron chi connectivity index (χ3n) is 7.37. The van der Waals surface area contributed by atoms with Crippen LogP contribution in [0.3, 0.4) is 0 Å². The SMILES string of the molecule is CCCCCC1CCC(C2CCC(C(=O)Oc3ccc(S(F)(F)(F)(F)F)cc3)CC2)CC1. The lowest BCUT2D eigenvalue weighted by molar-refractivity contribution is -0.140. The van der Waals surface area contributed by atoms with E-state index in [4.69, 9.17) is 4.74 Å². The van der Waals surface area contributed by atoms with E-state index in [0.29, 0.717) is 18.8 Å². The smallest absolute Gasteiger partial charge is 0.314 e. The maximum Gasteiger partial charge on any atom is 0.314 e. The van der Waals surface area contributed by atoms with Gasteiger partial charge in [0, 0.05) is 0 Å². The van der Waals surface area contributed by atoms with E-state index >= 15 is 0 Å². The monoisotopic (exact) mass is 482 g/mol. The Morgan fingerprint density at radius 3 is 1.88 bits per heavy atom. The molecule has 2 aliphatic rings. The number of unbranched alkanes of at least 4 members (excludes halogenated alkanes) is 2. The van der Waals surface area contributed by atoms with E-state index in [1.807, 2.05) is 0 Å². The highest BCUT2D eigenvalue weighted by molar-refractivity contribution is 8.45. The van der Waals surface area contributed by atoms with Gasteiger partial charge >= 0.3 is 16.2 Å². The van der Waals surface area contributed by atoms with Crippen LogP contribution < -0.4 is 4.74 Å². The largest absolute Gasteiger partial charge is 0.426 e. The first-order chi connectivity index (χ1) is 14.9. The topological polar surface area (TPSA) is 26.3 Å². The van der Waals surface area contributed by atoms with Crippen molar-refractivity contribution >= 4 is 16.2 Å². The lowest BCUT2D eigenvalue weighted by atomic mass is 9.68. The molecular weight excluding hydrogens is 447 g/mol. The molecule has 0 bridgehead atoms. The molecule has 32 heavy (non-hydrogen) atoms. The molecule has 3 rings (SSSR count). The molecule has 0 aromatic heterocycles. The highest BCUT2D eigenvalue weighted by Crippen LogP contribution is 3.02. The first-order valence-corrected chi connectivity index (χ1v) is 13.9. The lowest BCUT2D eigenvalue weighted by Gasteiger charge is -2.40. The predicted octanol–water partition coefficient (Wildman–Crippen LogP) is 9.44. The van der Waals surface area contributed by atoms with Crippen molar-refractivity contribution in [2.75, 3.05) is 0 Å². The average Bonchev–Trinajstić information content (AvgIpc) is 2.73. The molecule has 2 nitrogen and oxygen atoms in total. The van der Waals surface area contributed by atoms with Crippen molar-refractivity contribution in [2.45, 2.75) is 88.9 Å². The maximum absolute atomic E-state index is 12.8. The molecule has 0 saturated heterocycles. The summed E-state index contributed by atoms with van der Waals surface area (Å²) in [4.78, 5) is 10.5. The molecule has 0 amide bonds. The van der Waals surface area contributed by atoms with E-state index in [2.05, 4.69) is 6.92 Å². The summed E-state index contributed by atoms with van der Waals surface area (Å²) < 4.78 is 69.2. The van der Waals surface area contributed by atoms with Gasteiger partial charge in [-0.05, 0) is 80.5 Å². The highest BCUT2D eigenvalue weighted by atomic mass is 32.5. The number of esters is 1. The molecule has 2 aliphatic carbocycles. The zero-order valence-electron chi connectivity index (χ0n) is 18.7. The molecule has 2 saturated carbocycles. The highest BCUT2D eigenvalue weighted by Gasteiger charge is 2.65. The van der Waals surface area contributed by atoms with Gasteiger partial charge in [-0.15, -0.1) is 0 Å². The van der Waals surface area contributed by atoms with E-state index in [1.165, 1.54) is 51.4 Å². The number of rotatable bonds is 8. The number of halogens is 5. The number of benzene rings is 1. The van der Waals surface area contributed by atoms with Crippen LogP contribution in [0.25, 0.3) is 0 Å². The molecule has 184 valence electrons. The van der Waals surface area contributed by atoms with E-state index in [1.54, 1.807) is 0 Å². The van der Waals surface area contributed by atoms with Crippen LogP contribution in [0, 0.1) is 23.7 Å². The fraction of sp³-hybridized carbons (Fsp3) is 0.708. The van der Waals surface area contributed by atoms with Crippen LogP contribution in [0.2, 0.25) is 0 Å². The molecular formula is C24H35F5O2S. The van der Waals surface area contributed by atoms with Crippen LogP contribution in [-0.4, -0.2) is 5.97 Å². The molecule has 0 radical (unpaired) electrons. The Labute approximate surface area is 188 Å². The average molecular weight is 483 g/mol. The molecule has 0 heterocycles. The van der Waals surface area contributed by atoms with Gasteiger partial charge in [0.05, 0.1) is 5.92 Å². The molecule has 1 aromatic rings. The zero-order chi connectivity index (χ0) is 23.5. The van der Waals surface area contributed by atoms with Crippen molar-refractivity contribution in [1.29, 1.82) is 0 Å². The van der Waals surface area contributed by atoms with Gasteiger partial charge in [0.2, 0.25) is 0 Å². The van der Waals surface area contributed by atoms with E-state index < -0.39 is 21.1 Å². The van der Waals surface area contributed by atoms with Crippen molar-refractivity contribution in [1.82, 2.24) is 0 Å². The second-order valence-corrected chi connectivity index (χ2v) is 12.2. The summed E-state index contributed by atoms with van der Waals surface area (Å²) in [6, 6.07) is 2.13. The molecule has 0 spiro atoms. The summed E-state index contributed by atoms with van der Waals surface area (Å²) >= 11 is 0. The van der Waals surface area contributed by atoms with Gasteiger partial charge in [0.1, 0.15) is 10.6 Å². The third kappa shape index (κ3) is 7.09. The van der Waals surface area contributed by atoms with Crippen LogP contribution in [0.15, 0.2) is 29.2 Å². The van der Waals surface area contributed by atoms with Gasteiger partial charge in [-0.2, -0.15) is 0 Å². The number of carbonyl (C=O) groups excluding carboxylic acids is 1. The minimum Gasteiger partial charge on any atom is -0.426 e. The first-order valence-electron chi connectivity index (χ1n) is 11.9. The summed E-state index contributed by atoms with van der Waals surface area (Å²) in [5.74, 6) is 1.33. The maximum atomic E-state index is 12.8. The van der Waals surface area contributed by atoms with Gasteiger partial charge in [-0.25, -0.2) is 0 Å². The lowest BCUT2D eigenvalue weighted by Crippen LogP contribution is -2.30. The Kier molecular flexibility index (Phi) is 7.24. The van der Waals surface area contributed by atoms with E-state index in [0.717, 1.165) is 36.8 Å².